The Morgan fingerprint density at radius 1 is 1.20 bits per heavy atom. The molecular formula is C17H30N2O. The van der Waals surface area contributed by atoms with Crippen LogP contribution in [0.1, 0.15) is 45.2 Å². The van der Waals surface area contributed by atoms with Crippen LogP contribution in [0.4, 0.5) is 0 Å². The summed E-state index contributed by atoms with van der Waals surface area (Å²) in [7, 11) is 5.95. The van der Waals surface area contributed by atoms with E-state index in [4.69, 9.17) is 4.74 Å². The van der Waals surface area contributed by atoms with Gasteiger partial charge in [-0.25, -0.2) is 0 Å². The van der Waals surface area contributed by atoms with E-state index < -0.39 is 0 Å². The van der Waals surface area contributed by atoms with Gasteiger partial charge in [-0.3, -0.25) is 4.90 Å². The first-order valence-corrected chi connectivity index (χ1v) is 7.58. The fraction of sp³-hybridized carbons (Fsp3) is 0.647. The molecule has 1 aromatic carbocycles. The van der Waals surface area contributed by atoms with Crippen molar-refractivity contribution in [2.24, 2.45) is 0 Å². The molecule has 0 spiro atoms. The third-order valence-electron chi connectivity index (χ3n) is 4.31. The molecule has 20 heavy (non-hydrogen) atoms. The zero-order valence-electron chi connectivity index (χ0n) is 13.8. The highest BCUT2D eigenvalue weighted by Gasteiger charge is 2.24. The molecule has 0 saturated heterocycles. The van der Waals surface area contributed by atoms with Crippen LogP contribution in [-0.4, -0.2) is 38.2 Å². The molecule has 0 aliphatic carbocycles. The topological polar surface area (TPSA) is 24.5 Å². The van der Waals surface area contributed by atoms with Gasteiger partial charge in [-0.1, -0.05) is 25.5 Å². The molecule has 1 rings (SSSR count). The Morgan fingerprint density at radius 3 is 2.25 bits per heavy atom. The molecule has 1 aromatic rings. The number of hydrogen-bond donors (Lipinski definition) is 1. The summed E-state index contributed by atoms with van der Waals surface area (Å²) < 4.78 is 5.23. The molecule has 0 aromatic heterocycles. The highest BCUT2D eigenvalue weighted by Crippen LogP contribution is 2.24. The quantitative estimate of drug-likeness (QED) is 0.788. The normalized spacial score (nSPS) is 15.9. The van der Waals surface area contributed by atoms with Crippen molar-refractivity contribution in [2.75, 3.05) is 21.2 Å². The van der Waals surface area contributed by atoms with E-state index in [1.165, 1.54) is 18.4 Å². The second kappa shape index (κ2) is 8.28. The third-order valence-corrected chi connectivity index (χ3v) is 4.31. The summed E-state index contributed by atoms with van der Waals surface area (Å²) in [5, 5.41) is 3.45. The second-order valence-electron chi connectivity index (χ2n) is 5.58. The summed E-state index contributed by atoms with van der Waals surface area (Å²) in [6.07, 6.45) is 2.46. The second-order valence-corrected chi connectivity index (χ2v) is 5.58. The number of benzene rings is 1. The predicted molar refractivity (Wildman–Crippen MR) is 86.4 cm³/mol. The molecule has 3 unspecified atom stereocenters. The number of hydrogen-bond acceptors (Lipinski definition) is 3. The van der Waals surface area contributed by atoms with Crippen LogP contribution in [0.5, 0.6) is 5.75 Å². The molecule has 3 heteroatoms. The fourth-order valence-electron chi connectivity index (χ4n) is 2.76. The van der Waals surface area contributed by atoms with Crippen LogP contribution in [0, 0.1) is 0 Å². The maximum Gasteiger partial charge on any atom is 0.118 e. The lowest BCUT2D eigenvalue weighted by Crippen LogP contribution is -2.44. The van der Waals surface area contributed by atoms with Crippen LogP contribution in [0.25, 0.3) is 0 Å². The fourth-order valence-corrected chi connectivity index (χ4v) is 2.76. The van der Waals surface area contributed by atoms with E-state index in [0.717, 1.165) is 5.75 Å². The molecule has 0 fully saturated rings. The van der Waals surface area contributed by atoms with Crippen molar-refractivity contribution in [2.45, 2.75) is 51.7 Å². The molecule has 1 N–H and O–H groups in total. The van der Waals surface area contributed by atoms with Crippen molar-refractivity contribution in [1.29, 1.82) is 0 Å². The minimum Gasteiger partial charge on any atom is -0.497 e. The average molecular weight is 278 g/mol. The smallest absolute Gasteiger partial charge is 0.118 e. The molecule has 0 bridgehead atoms. The number of ether oxygens (including phenoxy) is 1. The Bertz CT molecular complexity index is 377. The van der Waals surface area contributed by atoms with E-state index >= 15 is 0 Å². The van der Waals surface area contributed by atoms with Crippen molar-refractivity contribution in [3.05, 3.63) is 29.8 Å². The summed E-state index contributed by atoms with van der Waals surface area (Å²) in [5.41, 5.74) is 1.30. The third kappa shape index (κ3) is 4.22. The molecule has 0 heterocycles. The first-order valence-electron chi connectivity index (χ1n) is 7.58. The molecule has 0 amide bonds. The van der Waals surface area contributed by atoms with Crippen LogP contribution in [-0.2, 0) is 0 Å². The molecule has 0 saturated carbocycles. The molecule has 0 radical (unpaired) electrons. The van der Waals surface area contributed by atoms with Gasteiger partial charge in [0.1, 0.15) is 5.75 Å². The van der Waals surface area contributed by atoms with E-state index in [1.807, 2.05) is 19.2 Å². The molecule has 0 aliphatic heterocycles. The van der Waals surface area contributed by atoms with Crippen LogP contribution < -0.4 is 10.1 Å². The summed E-state index contributed by atoms with van der Waals surface area (Å²) in [5.74, 6) is 0.906. The van der Waals surface area contributed by atoms with Crippen LogP contribution in [0.15, 0.2) is 24.3 Å². The molecule has 114 valence electrons. The number of methoxy groups -OCH3 is 1. The lowest BCUT2D eigenvalue weighted by atomic mass is 9.98. The predicted octanol–water partition coefficient (Wildman–Crippen LogP) is 3.46. The van der Waals surface area contributed by atoms with Crippen molar-refractivity contribution < 1.29 is 4.74 Å². The zero-order chi connectivity index (χ0) is 15.1. The minimum atomic E-state index is 0.324. The van der Waals surface area contributed by atoms with Gasteiger partial charge < -0.3 is 10.1 Å². The number of nitrogens with zero attached hydrogens (tertiary/aromatic N) is 1. The highest BCUT2D eigenvalue weighted by atomic mass is 16.5. The first-order chi connectivity index (χ1) is 9.54. The van der Waals surface area contributed by atoms with Crippen LogP contribution in [0.3, 0.4) is 0 Å². The van der Waals surface area contributed by atoms with E-state index in [-0.39, 0.29) is 0 Å². The molecule has 3 atom stereocenters. The lowest BCUT2D eigenvalue weighted by Gasteiger charge is -2.36. The summed E-state index contributed by atoms with van der Waals surface area (Å²) in [6, 6.07) is 9.72. The average Bonchev–Trinajstić information content (AvgIpc) is 2.48. The summed E-state index contributed by atoms with van der Waals surface area (Å²) >= 11 is 0. The van der Waals surface area contributed by atoms with Crippen molar-refractivity contribution in [3.63, 3.8) is 0 Å². The monoisotopic (exact) mass is 278 g/mol. The summed E-state index contributed by atoms with van der Waals surface area (Å²) in [4.78, 5) is 2.47. The van der Waals surface area contributed by atoms with Gasteiger partial charge in [-0.15, -0.1) is 0 Å². The highest BCUT2D eigenvalue weighted by molar-refractivity contribution is 5.29. The van der Waals surface area contributed by atoms with Crippen molar-refractivity contribution in [1.82, 2.24) is 10.2 Å². The van der Waals surface area contributed by atoms with Gasteiger partial charge in [0.05, 0.1) is 7.11 Å². The molecule has 3 nitrogen and oxygen atoms in total. The maximum atomic E-state index is 5.23. The van der Waals surface area contributed by atoms with E-state index in [0.29, 0.717) is 18.1 Å². The largest absolute Gasteiger partial charge is 0.497 e. The first kappa shape index (κ1) is 17.0. The Morgan fingerprint density at radius 2 is 1.80 bits per heavy atom. The van der Waals surface area contributed by atoms with E-state index in [1.54, 1.807) is 7.11 Å². The van der Waals surface area contributed by atoms with Crippen molar-refractivity contribution >= 4 is 0 Å². The SMILES string of the molecule is CCCC(C)N(C)C(C)C(NC)c1ccc(OC)cc1. The molecular weight excluding hydrogens is 248 g/mol. The van der Waals surface area contributed by atoms with Gasteiger partial charge in [0.15, 0.2) is 0 Å². The van der Waals surface area contributed by atoms with E-state index in [9.17, 15) is 0 Å². The molecule has 0 aliphatic rings. The van der Waals surface area contributed by atoms with Gasteiger partial charge in [-0.2, -0.15) is 0 Å². The zero-order valence-corrected chi connectivity index (χ0v) is 13.8. The Kier molecular flexibility index (Phi) is 7.03. The number of rotatable bonds is 8. The van der Waals surface area contributed by atoms with Gasteiger partial charge in [-0.05, 0) is 52.1 Å². The Hall–Kier alpha value is -1.06. The number of nitrogens with one attached hydrogen (secondary N) is 1. The summed E-state index contributed by atoms with van der Waals surface area (Å²) in [6.45, 7) is 6.84. The lowest BCUT2D eigenvalue weighted by molar-refractivity contribution is 0.154. The van der Waals surface area contributed by atoms with Crippen LogP contribution >= 0.6 is 0 Å². The Balaban J connectivity index is 2.82. The van der Waals surface area contributed by atoms with E-state index in [2.05, 4.69) is 50.2 Å². The van der Waals surface area contributed by atoms with Crippen molar-refractivity contribution in [3.8, 4) is 5.75 Å². The van der Waals surface area contributed by atoms with Gasteiger partial charge in [0.2, 0.25) is 0 Å². The van der Waals surface area contributed by atoms with Gasteiger partial charge in [0.25, 0.3) is 0 Å². The minimum absolute atomic E-state index is 0.324. The number of likely N-dealkylation sites (N-methyl/N-ethyl adjacent to an activating group) is 2. The standard InChI is InChI=1S/C17H30N2O/c1-7-8-13(2)19(5)14(3)17(18-4)15-9-11-16(20-6)12-10-15/h9-14,17-18H,7-8H2,1-6H3. The van der Waals surface area contributed by atoms with Crippen LogP contribution in [0.2, 0.25) is 0 Å². The van der Waals surface area contributed by atoms with Gasteiger partial charge >= 0.3 is 0 Å². The Labute approximate surface area is 124 Å². The maximum absolute atomic E-state index is 5.23. The van der Waals surface area contributed by atoms with Gasteiger partial charge in [0, 0.05) is 18.1 Å².